The lowest BCUT2D eigenvalue weighted by atomic mass is 10.1. The molecular weight excluding hydrogens is 256 g/mol. The summed E-state index contributed by atoms with van der Waals surface area (Å²) in [6, 6.07) is 3.59. The monoisotopic (exact) mass is 270 g/mol. The van der Waals surface area contributed by atoms with Gasteiger partial charge in [0.15, 0.2) is 5.82 Å². The third-order valence-corrected chi connectivity index (χ3v) is 2.60. The second-order valence-corrected chi connectivity index (χ2v) is 4.20. The van der Waals surface area contributed by atoms with E-state index in [1.165, 1.54) is 0 Å². The summed E-state index contributed by atoms with van der Waals surface area (Å²) in [6.45, 7) is 1.97. The maximum absolute atomic E-state index is 10.3. The van der Waals surface area contributed by atoms with Gasteiger partial charge in [0.25, 0.3) is 6.20 Å². The van der Waals surface area contributed by atoms with Gasteiger partial charge in [-0.2, -0.15) is 0 Å². The van der Waals surface area contributed by atoms with Gasteiger partial charge in [0, 0.05) is 12.2 Å². The Morgan fingerprint density at radius 2 is 2.44 bits per heavy atom. The van der Waals surface area contributed by atoms with Gasteiger partial charge in [-0.1, -0.05) is 24.6 Å². The van der Waals surface area contributed by atoms with Gasteiger partial charge >= 0.3 is 0 Å². The average molecular weight is 271 g/mol. The van der Waals surface area contributed by atoms with Crippen molar-refractivity contribution in [3.63, 3.8) is 0 Å². The van der Waals surface area contributed by atoms with Gasteiger partial charge in [-0.15, -0.1) is 0 Å². The van der Waals surface area contributed by atoms with E-state index in [1.54, 1.807) is 12.3 Å². The molecule has 0 aliphatic heterocycles. The number of nitrogens with one attached hydrogen (secondary N) is 1. The Bertz CT molecular complexity index is 433. The van der Waals surface area contributed by atoms with Crippen molar-refractivity contribution in [1.82, 2.24) is 10.3 Å². The highest BCUT2D eigenvalue weighted by molar-refractivity contribution is 6.29. The summed E-state index contributed by atoms with van der Waals surface area (Å²) in [5, 5.41) is 13.6. The highest BCUT2D eigenvalue weighted by Crippen LogP contribution is 2.09. The van der Waals surface area contributed by atoms with Crippen LogP contribution in [0.2, 0.25) is 5.15 Å². The summed E-state index contributed by atoms with van der Waals surface area (Å²) in [5.74, 6) is 0.0498. The van der Waals surface area contributed by atoms with Gasteiger partial charge in [-0.3, -0.25) is 10.1 Å². The normalized spacial score (nSPS) is 13.1. The third-order valence-electron chi connectivity index (χ3n) is 2.38. The van der Waals surface area contributed by atoms with Gasteiger partial charge in [0.1, 0.15) is 5.15 Å². The molecule has 0 aliphatic rings. The van der Waals surface area contributed by atoms with E-state index in [0.717, 1.165) is 18.2 Å². The van der Waals surface area contributed by atoms with Crippen molar-refractivity contribution < 1.29 is 4.92 Å². The Balaban J connectivity index is 2.62. The fourth-order valence-electron chi connectivity index (χ4n) is 1.50. The van der Waals surface area contributed by atoms with E-state index in [2.05, 4.69) is 10.3 Å². The van der Waals surface area contributed by atoms with Crippen LogP contribution >= 0.6 is 11.6 Å². The largest absolute Gasteiger partial charge is 0.380 e. The summed E-state index contributed by atoms with van der Waals surface area (Å²) in [5.41, 5.74) is 6.49. The number of nitro groups is 1. The molecule has 1 heterocycles. The number of pyridine rings is 1. The Kier molecular flexibility index (Phi) is 5.38. The summed E-state index contributed by atoms with van der Waals surface area (Å²) in [6.07, 6.45) is 3.89. The maximum Gasteiger partial charge on any atom is 0.273 e. The molecule has 0 amide bonds. The first kappa shape index (κ1) is 14.2. The smallest absolute Gasteiger partial charge is 0.273 e. The summed E-state index contributed by atoms with van der Waals surface area (Å²) >= 11 is 5.69. The summed E-state index contributed by atoms with van der Waals surface area (Å²) in [4.78, 5) is 13.7. The molecule has 0 fully saturated rings. The standard InChI is InChI=1S/C11H15ClN4O2/c1-2-9(15-11(13)7-16(17)18)5-8-3-4-10(12)14-6-8/h3-4,6-7,9,15H,2,5,13H2,1H3. The Morgan fingerprint density at radius 3 is 2.94 bits per heavy atom. The van der Waals surface area contributed by atoms with Crippen LogP contribution in [0, 0.1) is 10.1 Å². The molecule has 7 heteroatoms. The molecule has 1 rings (SSSR count). The molecule has 1 aromatic heterocycles. The van der Waals surface area contributed by atoms with Crippen LogP contribution in [0.25, 0.3) is 0 Å². The number of halogens is 1. The molecule has 0 radical (unpaired) electrons. The van der Waals surface area contributed by atoms with Crippen LogP contribution < -0.4 is 11.1 Å². The molecule has 0 bridgehead atoms. The van der Waals surface area contributed by atoms with Crippen LogP contribution in [0.5, 0.6) is 0 Å². The fourth-order valence-corrected chi connectivity index (χ4v) is 1.61. The van der Waals surface area contributed by atoms with Crippen LogP contribution in [-0.2, 0) is 6.42 Å². The molecule has 0 saturated carbocycles. The van der Waals surface area contributed by atoms with E-state index in [9.17, 15) is 10.1 Å². The predicted octanol–water partition coefficient (Wildman–Crippen LogP) is 1.68. The molecular formula is C11H15ClN4O2. The van der Waals surface area contributed by atoms with Crippen molar-refractivity contribution in [2.24, 2.45) is 5.73 Å². The highest BCUT2D eigenvalue weighted by atomic mass is 35.5. The third kappa shape index (κ3) is 5.01. The Morgan fingerprint density at radius 1 is 1.72 bits per heavy atom. The van der Waals surface area contributed by atoms with E-state index in [1.807, 2.05) is 13.0 Å². The quantitative estimate of drug-likeness (QED) is 0.466. The number of rotatable bonds is 6. The van der Waals surface area contributed by atoms with Gasteiger partial charge < -0.3 is 11.1 Å². The van der Waals surface area contributed by atoms with Gasteiger partial charge in [-0.25, -0.2) is 4.98 Å². The molecule has 1 atom stereocenters. The van der Waals surface area contributed by atoms with Crippen molar-refractivity contribution in [3.05, 3.63) is 51.2 Å². The minimum absolute atomic E-state index is 0.0178. The summed E-state index contributed by atoms with van der Waals surface area (Å²) < 4.78 is 0. The number of nitrogens with two attached hydrogens (primary N) is 1. The van der Waals surface area contributed by atoms with E-state index < -0.39 is 4.92 Å². The van der Waals surface area contributed by atoms with Crippen molar-refractivity contribution in [2.45, 2.75) is 25.8 Å². The zero-order chi connectivity index (χ0) is 13.5. The first-order chi connectivity index (χ1) is 8.51. The second-order valence-electron chi connectivity index (χ2n) is 3.81. The lowest BCUT2D eigenvalue weighted by molar-refractivity contribution is -0.403. The fraction of sp³-hybridized carbons (Fsp3) is 0.364. The van der Waals surface area contributed by atoms with Crippen LogP contribution in [-0.4, -0.2) is 15.9 Å². The molecule has 0 aromatic carbocycles. The SMILES string of the molecule is CCC(Cc1ccc(Cl)nc1)NC(N)=C[N+](=O)[O-]. The lowest BCUT2D eigenvalue weighted by Crippen LogP contribution is -2.33. The van der Waals surface area contributed by atoms with Gasteiger partial charge in [-0.05, 0) is 24.5 Å². The molecule has 3 N–H and O–H groups in total. The minimum atomic E-state index is -0.584. The minimum Gasteiger partial charge on any atom is -0.380 e. The molecule has 98 valence electrons. The predicted molar refractivity (Wildman–Crippen MR) is 69.4 cm³/mol. The molecule has 6 nitrogen and oxygen atoms in total. The second kappa shape index (κ2) is 6.80. The van der Waals surface area contributed by atoms with Crippen LogP contribution in [0.3, 0.4) is 0 Å². The van der Waals surface area contributed by atoms with Crippen LogP contribution in [0.15, 0.2) is 30.4 Å². The van der Waals surface area contributed by atoms with E-state index >= 15 is 0 Å². The van der Waals surface area contributed by atoms with E-state index in [4.69, 9.17) is 17.3 Å². The van der Waals surface area contributed by atoms with Crippen molar-refractivity contribution >= 4 is 11.6 Å². The first-order valence-corrected chi connectivity index (χ1v) is 5.86. The first-order valence-electron chi connectivity index (χ1n) is 5.49. The highest BCUT2D eigenvalue weighted by Gasteiger charge is 2.09. The van der Waals surface area contributed by atoms with E-state index in [0.29, 0.717) is 11.6 Å². The number of hydrogen-bond donors (Lipinski definition) is 2. The van der Waals surface area contributed by atoms with E-state index in [-0.39, 0.29) is 11.9 Å². The molecule has 0 spiro atoms. The molecule has 0 aliphatic carbocycles. The average Bonchev–Trinajstić information content (AvgIpc) is 2.30. The van der Waals surface area contributed by atoms with Gasteiger partial charge in [0.2, 0.25) is 0 Å². The molecule has 18 heavy (non-hydrogen) atoms. The zero-order valence-electron chi connectivity index (χ0n) is 9.97. The Labute approximate surface area is 110 Å². The Hall–Kier alpha value is -1.82. The van der Waals surface area contributed by atoms with Crippen molar-refractivity contribution in [1.29, 1.82) is 0 Å². The maximum atomic E-state index is 10.3. The van der Waals surface area contributed by atoms with Crippen molar-refractivity contribution in [2.75, 3.05) is 0 Å². The van der Waals surface area contributed by atoms with Crippen LogP contribution in [0.4, 0.5) is 0 Å². The molecule has 0 saturated heterocycles. The number of nitrogens with zero attached hydrogens (tertiary/aromatic N) is 2. The molecule has 1 unspecified atom stereocenters. The lowest BCUT2D eigenvalue weighted by Gasteiger charge is -2.17. The number of aromatic nitrogens is 1. The van der Waals surface area contributed by atoms with Crippen LogP contribution in [0.1, 0.15) is 18.9 Å². The number of hydrogen-bond acceptors (Lipinski definition) is 5. The zero-order valence-corrected chi connectivity index (χ0v) is 10.7. The van der Waals surface area contributed by atoms with Gasteiger partial charge in [0.05, 0.1) is 4.92 Å². The molecule has 1 aromatic rings. The van der Waals surface area contributed by atoms with Crippen molar-refractivity contribution in [3.8, 4) is 0 Å². The summed E-state index contributed by atoms with van der Waals surface area (Å²) in [7, 11) is 0. The topological polar surface area (TPSA) is 94.1 Å².